The zero-order valence-electron chi connectivity index (χ0n) is 11.0. The van der Waals surface area contributed by atoms with Crippen molar-refractivity contribution in [2.45, 2.75) is 26.8 Å². The molecule has 0 aliphatic carbocycles. The summed E-state index contributed by atoms with van der Waals surface area (Å²) in [7, 11) is 1.36. The van der Waals surface area contributed by atoms with Crippen molar-refractivity contribution >= 4 is 17.6 Å². The lowest BCUT2D eigenvalue weighted by Gasteiger charge is -2.20. The van der Waals surface area contributed by atoms with Gasteiger partial charge in [0.1, 0.15) is 23.5 Å². The summed E-state index contributed by atoms with van der Waals surface area (Å²) in [5.74, 6) is 6.61. The van der Waals surface area contributed by atoms with Crippen LogP contribution >= 0.6 is 0 Å². The predicted molar refractivity (Wildman–Crippen MR) is 68.8 cm³/mol. The molecule has 0 fully saturated rings. The highest BCUT2D eigenvalue weighted by Gasteiger charge is 2.23. The van der Waals surface area contributed by atoms with Crippen molar-refractivity contribution < 1.29 is 9.53 Å². The molecule has 1 heterocycles. The molecule has 4 N–H and O–H groups in total. The number of aryl methyl sites for hydroxylation is 1. The van der Waals surface area contributed by atoms with Crippen LogP contribution < -0.4 is 16.6 Å². The van der Waals surface area contributed by atoms with E-state index < -0.39 is 6.04 Å². The molecule has 0 saturated carbocycles. The topological polar surface area (TPSA) is 102 Å². The fourth-order valence-corrected chi connectivity index (χ4v) is 1.50. The maximum atomic E-state index is 11.6. The minimum Gasteiger partial charge on any atom is -0.467 e. The van der Waals surface area contributed by atoms with Crippen LogP contribution in [0.1, 0.15) is 19.7 Å². The van der Waals surface area contributed by atoms with Crippen molar-refractivity contribution in [2.24, 2.45) is 11.8 Å². The molecular weight excluding hydrogens is 234 g/mol. The number of nitrogens with one attached hydrogen (secondary N) is 2. The van der Waals surface area contributed by atoms with Crippen LogP contribution in [0.5, 0.6) is 0 Å². The third-order valence-corrected chi connectivity index (χ3v) is 2.41. The Balaban J connectivity index is 2.93. The molecule has 0 spiro atoms. The Labute approximate surface area is 106 Å². The summed E-state index contributed by atoms with van der Waals surface area (Å²) >= 11 is 0. The molecule has 1 unspecified atom stereocenters. The fourth-order valence-electron chi connectivity index (χ4n) is 1.50. The number of nitrogens with two attached hydrogens (primary N) is 1. The molecule has 0 bridgehead atoms. The van der Waals surface area contributed by atoms with E-state index in [-0.39, 0.29) is 11.9 Å². The Morgan fingerprint density at radius 1 is 1.39 bits per heavy atom. The first kappa shape index (κ1) is 14.2. The Kier molecular flexibility index (Phi) is 4.85. The van der Waals surface area contributed by atoms with Crippen molar-refractivity contribution in [3.63, 3.8) is 0 Å². The predicted octanol–water partition coefficient (Wildman–Crippen LogP) is 0.680. The number of hydrazine groups is 1. The van der Waals surface area contributed by atoms with Crippen LogP contribution in [0, 0.1) is 12.8 Å². The van der Waals surface area contributed by atoms with E-state index >= 15 is 0 Å². The highest BCUT2D eigenvalue weighted by Crippen LogP contribution is 2.15. The highest BCUT2D eigenvalue weighted by atomic mass is 16.5. The highest BCUT2D eigenvalue weighted by molar-refractivity contribution is 5.79. The summed E-state index contributed by atoms with van der Waals surface area (Å²) in [4.78, 5) is 19.9. The Morgan fingerprint density at radius 3 is 2.50 bits per heavy atom. The van der Waals surface area contributed by atoms with Crippen LogP contribution in [0.15, 0.2) is 6.07 Å². The van der Waals surface area contributed by atoms with Crippen molar-refractivity contribution in [3.05, 3.63) is 11.9 Å². The van der Waals surface area contributed by atoms with Crippen LogP contribution in [0.4, 0.5) is 11.6 Å². The summed E-state index contributed by atoms with van der Waals surface area (Å²) in [6.45, 7) is 5.59. The van der Waals surface area contributed by atoms with Gasteiger partial charge in [-0.2, -0.15) is 0 Å². The Bertz CT molecular complexity index is 422. The molecular formula is C11H19N5O2. The number of esters is 1. The summed E-state index contributed by atoms with van der Waals surface area (Å²) in [5, 5.41) is 3.02. The normalized spacial score (nSPS) is 12.1. The van der Waals surface area contributed by atoms with Gasteiger partial charge in [-0.05, 0) is 12.8 Å². The van der Waals surface area contributed by atoms with Gasteiger partial charge in [-0.15, -0.1) is 0 Å². The average Bonchev–Trinajstić information content (AvgIpc) is 2.34. The minimum absolute atomic E-state index is 0.0713. The van der Waals surface area contributed by atoms with Crippen LogP contribution in [0.2, 0.25) is 0 Å². The maximum Gasteiger partial charge on any atom is 0.328 e. The van der Waals surface area contributed by atoms with Gasteiger partial charge in [-0.3, -0.25) is 0 Å². The first-order valence-corrected chi connectivity index (χ1v) is 5.64. The van der Waals surface area contributed by atoms with E-state index in [9.17, 15) is 4.79 Å². The summed E-state index contributed by atoms with van der Waals surface area (Å²) < 4.78 is 4.75. The molecule has 1 rings (SSSR count). The molecule has 100 valence electrons. The Hall–Kier alpha value is -1.89. The summed E-state index contributed by atoms with van der Waals surface area (Å²) in [6, 6.07) is 1.17. The number of carbonyl (C=O) groups is 1. The van der Waals surface area contributed by atoms with Gasteiger partial charge in [0.25, 0.3) is 0 Å². The van der Waals surface area contributed by atoms with E-state index in [2.05, 4.69) is 20.7 Å². The fraction of sp³-hybridized carbons (Fsp3) is 0.545. The van der Waals surface area contributed by atoms with E-state index in [0.29, 0.717) is 17.5 Å². The van der Waals surface area contributed by atoms with Gasteiger partial charge < -0.3 is 15.5 Å². The van der Waals surface area contributed by atoms with Gasteiger partial charge in [0.2, 0.25) is 0 Å². The molecule has 0 saturated heterocycles. The average molecular weight is 253 g/mol. The molecule has 0 amide bonds. The van der Waals surface area contributed by atoms with Crippen LogP contribution in [-0.4, -0.2) is 29.1 Å². The zero-order valence-corrected chi connectivity index (χ0v) is 11.0. The monoisotopic (exact) mass is 253 g/mol. The molecule has 1 aromatic heterocycles. The lowest BCUT2D eigenvalue weighted by Crippen LogP contribution is -2.35. The van der Waals surface area contributed by atoms with Crippen molar-refractivity contribution in [2.75, 3.05) is 17.9 Å². The Morgan fingerprint density at radius 2 is 2.00 bits per heavy atom. The molecule has 1 atom stereocenters. The molecule has 1 aromatic rings. The number of hydrogen-bond donors (Lipinski definition) is 3. The summed E-state index contributed by atoms with van der Waals surface area (Å²) in [5.41, 5.74) is 2.45. The molecule has 7 heteroatoms. The lowest BCUT2D eigenvalue weighted by molar-refractivity contribution is -0.142. The van der Waals surface area contributed by atoms with Gasteiger partial charge in [0, 0.05) is 6.07 Å². The second-order valence-corrected chi connectivity index (χ2v) is 4.22. The third kappa shape index (κ3) is 3.56. The van der Waals surface area contributed by atoms with Crippen LogP contribution in [0.3, 0.4) is 0 Å². The number of nitrogen functional groups attached to an aromatic ring is 1. The molecule has 18 heavy (non-hydrogen) atoms. The van der Waals surface area contributed by atoms with Crippen LogP contribution in [0.25, 0.3) is 0 Å². The molecule has 0 aliphatic rings. The van der Waals surface area contributed by atoms with E-state index in [1.165, 1.54) is 7.11 Å². The quantitative estimate of drug-likeness (QED) is 0.403. The summed E-state index contributed by atoms with van der Waals surface area (Å²) in [6.07, 6.45) is 0. The van der Waals surface area contributed by atoms with Gasteiger partial charge in [-0.1, -0.05) is 13.8 Å². The standard InChI is InChI=1S/C11H19N5O2/c1-6(2)10(11(17)18-4)15-8-5-9(16-12)14-7(3)13-8/h5-6,10H,12H2,1-4H3,(H2,13,14,15,16). The molecule has 0 radical (unpaired) electrons. The number of carbonyl (C=O) groups excluding carboxylic acids is 1. The molecule has 7 nitrogen and oxygen atoms in total. The largest absolute Gasteiger partial charge is 0.467 e. The van der Waals surface area contributed by atoms with E-state index in [4.69, 9.17) is 10.6 Å². The van der Waals surface area contributed by atoms with Gasteiger partial charge >= 0.3 is 5.97 Å². The van der Waals surface area contributed by atoms with Crippen LogP contribution in [-0.2, 0) is 9.53 Å². The zero-order chi connectivity index (χ0) is 13.7. The smallest absolute Gasteiger partial charge is 0.328 e. The number of rotatable bonds is 5. The van der Waals surface area contributed by atoms with Gasteiger partial charge in [0.05, 0.1) is 7.11 Å². The lowest BCUT2D eigenvalue weighted by atomic mass is 10.0. The molecule has 0 aromatic carbocycles. The second kappa shape index (κ2) is 6.15. The maximum absolute atomic E-state index is 11.6. The SMILES string of the molecule is COC(=O)C(Nc1cc(NN)nc(C)n1)C(C)C. The first-order chi connectivity index (χ1) is 8.47. The van der Waals surface area contributed by atoms with E-state index in [1.54, 1.807) is 13.0 Å². The van der Waals surface area contributed by atoms with Gasteiger partial charge in [-0.25, -0.2) is 20.6 Å². The number of ether oxygens (including phenoxy) is 1. The van der Waals surface area contributed by atoms with Crippen molar-refractivity contribution in [3.8, 4) is 0 Å². The number of hydrogen-bond acceptors (Lipinski definition) is 7. The number of anilines is 2. The van der Waals surface area contributed by atoms with E-state index in [0.717, 1.165) is 0 Å². The second-order valence-electron chi connectivity index (χ2n) is 4.22. The number of nitrogens with zero attached hydrogens (tertiary/aromatic N) is 2. The number of methoxy groups -OCH3 is 1. The first-order valence-electron chi connectivity index (χ1n) is 5.64. The van der Waals surface area contributed by atoms with E-state index in [1.807, 2.05) is 13.8 Å². The minimum atomic E-state index is -0.463. The third-order valence-electron chi connectivity index (χ3n) is 2.41. The van der Waals surface area contributed by atoms with Crippen molar-refractivity contribution in [1.82, 2.24) is 9.97 Å². The van der Waals surface area contributed by atoms with Gasteiger partial charge in [0.15, 0.2) is 0 Å². The number of aromatic nitrogens is 2. The molecule has 0 aliphatic heterocycles. The van der Waals surface area contributed by atoms with Crippen molar-refractivity contribution in [1.29, 1.82) is 0 Å².